The van der Waals surface area contributed by atoms with Crippen LogP contribution in [0.3, 0.4) is 0 Å². The predicted molar refractivity (Wildman–Crippen MR) is 56.2 cm³/mol. The Morgan fingerprint density at radius 3 is 2.87 bits per heavy atom. The summed E-state index contributed by atoms with van der Waals surface area (Å²) in [7, 11) is 0. The van der Waals surface area contributed by atoms with Gasteiger partial charge in [-0.1, -0.05) is 11.6 Å². The smallest absolute Gasteiger partial charge is 0.127 e. The van der Waals surface area contributed by atoms with Gasteiger partial charge in [-0.25, -0.2) is 4.39 Å². The van der Waals surface area contributed by atoms with E-state index in [2.05, 4.69) is 5.32 Å². The Labute approximate surface area is 92.5 Å². The number of benzene rings is 1. The van der Waals surface area contributed by atoms with E-state index in [4.69, 9.17) is 21.8 Å². The van der Waals surface area contributed by atoms with Gasteiger partial charge in [0.1, 0.15) is 5.82 Å². The third kappa shape index (κ3) is 4.13. The molecular weight excluding hydrogens is 221 g/mol. The van der Waals surface area contributed by atoms with Crippen molar-refractivity contribution in [2.75, 3.05) is 13.2 Å². The van der Waals surface area contributed by atoms with Crippen LogP contribution >= 0.6 is 11.6 Å². The highest BCUT2D eigenvalue weighted by Gasteiger charge is 2.04. The number of hydrogen-bond donors (Lipinski definition) is 3. The van der Waals surface area contributed by atoms with E-state index in [0.717, 1.165) is 0 Å². The fourth-order valence-corrected chi connectivity index (χ4v) is 1.31. The summed E-state index contributed by atoms with van der Waals surface area (Å²) >= 11 is 5.70. The fraction of sp³-hybridized carbons (Fsp3) is 0.400. The summed E-state index contributed by atoms with van der Waals surface area (Å²) < 4.78 is 13.2. The zero-order valence-electron chi connectivity index (χ0n) is 8.08. The van der Waals surface area contributed by atoms with E-state index >= 15 is 0 Å². The van der Waals surface area contributed by atoms with Crippen LogP contribution < -0.4 is 5.32 Å². The summed E-state index contributed by atoms with van der Waals surface area (Å²) in [5, 5.41) is 20.9. The van der Waals surface area contributed by atoms with Crippen molar-refractivity contribution in [2.24, 2.45) is 0 Å². The number of halogens is 2. The first-order chi connectivity index (χ1) is 7.13. The highest BCUT2D eigenvalue weighted by Crippen LogP contribution is 2.14. The molecule has 0 saturated carbocycles. The van der Waals surface area contributed by atoms with Gasteiger partial charge in [-0.3, -0.25) is 0 Å². The Morgan fingerprint density at radius 2 is 2.20 bits per heavy atom. The quantitative estimate of drug-likeness (QED) is 0.709. The van der Waals surface area contributed by atoms with Crippen molar-refractivity contribution in [3.05, 3.63) is 34.6 Å². The molecule has 0 aliphatic carbocycles. The molecule has 0 heterocycles. The highest BCUT2D eigenvalue weighted by atomic mass is 35.5. The minimum Gasteiger partial charge on any atom is -0.394 e. The van der Waals surface area contributed by atoms with Crippen LogP contribution in [-0.4, -0.2) is 29.5 Å². The molecule has 0 aromatic heterocycles. The van der Waals surface area contributed by atoms with Gasteiger partial charge in [0.05, 0.1) is 12.7 Å². The van der Waals surface area contributed by atoms with E-state index in [1.54, 1.807) is 0 Å². The van der Waals surface area contributed by atoms with Gasteiger partial charge in [-0.05, 0) is 18.2 Å². The molecule has 1 aromatic carbocycles. The van der Waals surface area contributed by atoms with E-state index in [9.17, 15) is 4.39 Å². The van der Waals surface area contributed by atoms with E-state index in [1.165, 1.54) is 18.2 Å². The molecule has 1 unspecified atom stereocenters. The average Bonchev–Trinajstić information content (AvgIpc) is 2.23. The molecule has 0 fully saturated rings. The molecule has 84 valence electrons. The van der Waals surface area contributed by atoms with Gasteiger partial charge in [-0.2, -0.15) is 0 Å². The van der Waals surface area contributed by atoms with Gasteiger partial charge in [-0.15, -0.1) is 0 Å². The summed E-state index contributed by atoms with van der Waals surface area (Å²) in [4.78, 5) is 0. The molecule has 0 aliphatic rings. The van der Waals surface area contributed by atoms with Gasteiger partial charge in [0, 0.05) is 23.7 Å². The summed E-state index contributed by atoms with van der Waals surface area (Å²) in [5.74, 6) is -0.342. The largest absolute Gasteiger partial charge is 0.394 e. The van der Waals surface area contributed by atoms with Crippen molar-refractivity contribution in [3.63, 3.8) is 0 Å². The molecule has 1 aromatic rings. The van der Waals surface area contributed by atoms with Crippen molar-refractivity contribution in [1.82, 2.24) is 5.32 Å². The Kier molecular flexibility index (Phi) is 4.98. The van der Waals surface area contributed by atoms with Crippen molar-refractivity contribution in [3.8, 4) is 0 Å². The molecule has 3 nitrogen and oxygen atoms in total. The van der Waals surface area contributed by atoms with Crippen molar-refractivity contribution in [2.45, 2.75) is 12.6 Å². The van der Waals surface area contributed by atoms with E-state index in [0.29, 0.717) is 10.6 Å². The number of hydrogen-bond acceptors (Lipinski definition) is 3. The zero-order chi connectivity index (χ0) is 11.3. The van der Waals surface area contributed by atoms with Crippen LogP contribution in [0.4, 0.5) is 4.39 Å². The Balaban J connectivity index is 2.46. The van der Waals surface area contributed by atoms with Gasteiger partial charge in [0.15, 0.2) is 0 Å². The molecule has 0 amide bonds. The molecule has 0 spiro atoms. The molecule has 1 rings (SSSR count). The van der Waals surface area contributed by atoms with E-state index in [-0.39, 0.29) is 25.5 Å². The van der Waals surface area contributed by atoms with Gasteiger partial charge < -0.3 is 15.5 Å². The second kappa shape index (κ2) is 6.02. The molecule has 15 heavy (non-hydrogen) atoms. The third-order valence-electron chi connectivity index (χ3n) is 1.91. The summed E-state index contributed by atoms with van der Waals surface area (Å²) in [6, 6.07) is 4.29. The topological polar surface area (TPSA) is 52.5 Å². The predicted octanol–water partition coefficient (Wildman–Crippen LogP) is 0.922. The van der Waals surface area contributed by atoms with Crippen LogP contribution in [0, 0.1) is 5.82 Å². The fourth-order valence-electron chi connectivity index (χ4n) is 1.12. The molecule has 5 heteroatoms. The zero-order valence-corrected chi connectivity index (χ0v) is 8.84. The summed E-state index contributed by atoms with van der Waals surface area (Å²) in [6.45, 7) is 0.164. The summed E-state index contributed by atoms with van der Waals surface area (Å²) in [6.07, 6.45) is -0.827. The van der Waals surface area contributed by atoms with Crippen molar-refractivity contribution in [1.29, 1.82) is 0 Å². The highest BCUT2D eigenvalue weighted by molar-refractivity contribution is 6.30. The Morgan fingerprint density at radius 1 is 1.47 bits per heavy atom. The number of aliphatic hydroxyl groups is 2. The van der Waals surface area contributed by atoms with Crippen LogP contribution in [-0.2, 0) is 6.54 Å². The lowest BCUT2D eigenvalue weighted by molar-refractivity contribution is 0.0941. The minimum atomic E-state index is -0.827. The first kappa shape index (κ1) is 12.4. The van der Waals surface area contributed by atoms with Crippen LogP contribution in [0.2, 0.25) is 5.02 Å². The van der Waals surface area contributed by atoms with Crippen LogP contribution in [0.15, 0.2) is 18.2 Å². The maximum Gasteiger partial charge on any atom is 0.127 e. The van der Waals surface area contributed by atoms with E-state index in [1.807, 2.05) is 0 Å². The maximum atomic E-state index is 13.2. The molecule has 0 aliphatic heterocycles. The average molecular weight is 234 g/mol. The standard InChI is InChI=1S/C10H13ClFNO2/c11-8-1-2-10(12)7(3-8)4-13-5-9(15)6-14/h1-3,9,13-15H,4-6H2. The van der Waals surface area contributed by atoms with Gasteiger partial charge >= 0.3 is 0 Å². The van der Waals surface area contributed by atoms with Crippen LogP contribution in [0.25, 0.3) is 0 Å². The maximum absolute atomic E-state index is 13.2. The monoisotopic (exact) mass is 233 g/mol. The molecular formula is C10H13ClFNO2. The Hall–Kier alpha value is -0.680. The molecule has 1 atom stereocenters. The van der Waals surface area contributed by atoms with Crippen LogP contribution in [0.1, 0.15) is 5.56 Å². The number of aliphatic hydroxyl groups excluding tert-OH is 2. The lowest BCUT2D eigenvalue weighted by Gasteiger charge is -2.09. The second-order valence-electron chi connectivity index (χ2n) is 3.20. The molecule has 3 N–H and O–H groups in total. The first-order valence-electron chi connectivity index (χ1n) is 4.57. The molecule has 0 radical (unpaired) electrons. The van der Waals surface area contributed by atoms with E-state index < -0.39 is 6.10 Å². The number of nitrogens with one attached hydrogen (secondary N) is 1. The van der Waals surface area contributed by atoms with Crippen molar-refractivity contribution < 1.29 is 14.6 Å². The van der Waals surface area contributed by atoms with Crippen LogP contribution in [0.5, 0.6) is 0 Å². The normalized spacial score (nSPS) is 12.8. The molecule has 0 bridgehead atoms. The Bertz CT molecular complexity index is 322. The SMILES string of the molecule is OCC(O)CNCc1cc(Cl)ccc1F. The second-order valence-corrected chi connectivity index (χ2v) is 3.64. The minimum absolute atomic E-state index is 0.211. The van der Waals surface area contributed by atoms with Gasteiger partial charge in [0.25, 0.3) is 0 Å². The summed E-state index contributed by atoms with van der Waals surface area (Å²) in [5.41, 5.74) is 0.438. The lowest BCUT2D eigenvalue weighted by Crippen LogP contribution is -2.29. The molecule has 0 saturated heterocycles. The number of rotatable bonds is 5. The lowest BCUT2D eigenvalue weighted by atomic mass is 10.2. The third-order valence-corrected chi connectivity index (χ3v) is 2.15. The van der Waals surface area contributed by atoms with Gasteiger partial charge in [0.2, 0.25) is 0 Å². The first-order valence-corrected chi connectivity index (χ1v) is 4.95. The van der Waals surface area contributed by atoms with Crippen molar-refractivity contribution >= 4 is 11.6 Å².